The summed E-state index contributed by atoms with van der Waals surface area (Å²) in [5.41, 5.74) is 4.24. The Morgan fingerprint density at radius 1 is 1.50 bits per heavy atom. The minimum atomic E-state index is -1.03. The normalized spacial score (nSPS) is 12.0. The highest BCUT2D eigenvalue weighted by Crippen LogP contribution is 2.16. The van der Waals surface area contributed by atoms with Crippen LogP contribution in [0.25, 0.3) is 0 Å². The number of hydrogen-bond donors (Lipinski definition) is 1. The van der Waals surface area contributed by atoms with E-state index >= 15 is 0 Å². The second-order valence-electron chi connectivity index (χ2n) is 2.91. The molecule has 62 valence electrons. The van der Waals surface area contributed by atoms with Gasteiger partial charge in [-0.1, -0.05) is 0 Å². The third-order valence-corrected chi connectivity index (χ3v) is 2.41. The van der Waals surface area contributed by atoms with Crippen molar-refractivity contribution in [1.82, 2.24) is 0 Å². The van der Waals surface area contributed by atoms with Gasteiger partial charge in [0.15, 0.2) is 0 Å². The van der Waals surface area contributed by atoms with Gasteiger partial charge in [-0.05, 0) is 32.6 Å². The summed E-state index contributed by atoms with van der Waals surface area (Å²) in [6.45, 7) is 3.91. The van der Waals surface area contributed by atoms with E-state index in [1.807, 2.05) is 0 Å². The van der Waals surface area contributed by atoms with E-state index in [0.717, 1.165) is 12.2 Å². The summed E-state index contributed by atoms with van der Waals surface area (Å²) < 4.78 is 12.8. The zero-order valence-electron chi connectivity index (χ0n) is 6.69. The molecule has 0 rings (SSSR count). The Labute approximate surface area is 66.6 Å². The molecule has 2 N–H and O–H groups in total. The fraction of sp³-hybridized carbons (Fsp3) is 1.00. The topological polar surface area (TPSA) is 26.0 Å². The molecule has 0 radical (unpaired) electrons. The number of nitrogens with two attached hydrogens (primary N) is 1. The molecular formula is C7H16FNS. The van der Waals surface area contributed by atoms with Crippen molar-refractivity contribution in [1.29, 1.82) is 0 Å². The number of hydrogen-bond acceptors (Lipinski definition) is 2. The van der Waals surface area contributed by atoms with E-state index in [2.05, 4.69) is 0 Å². The first-order chi connectivity index (χ1) is 4.56. The predicted octanol–water partition coefficient (Wildman–Crippen LogP) is 1.82. The fourth-order valence-electron chi connectivity index (χ4n) is 0.500. The summed E-state index contributed by atoms with van der Waals surface area (Å²) in [5, 5.41) is 0. The van der Waals surface area contributed by atoms with Crippen LogP contribution in [0.1, 0.15) is 20.3 Å². The van der Waals surface area contributed by atoms with E-state index < -0.39 is 5.67 Å². The van der Waals surface area contributed by atoms with Crippen molar-refractivity contribution >= 4 is 11.8 Å². The highest BCUT2D eigenvalue weighted by Gasteiger charge is 2.14. The van der Waals surface area contributed by atoms with Gasteiger partial charge in [-0.15, -0.1) is 0 Å². The molecule has 0 fully saturated rings. The van der Waals surface area contributed by atoms with Crippen molar-refractivity contribution in [2.24, 2.45) is 5.73 Å². The maximum atomic E-state index is 12.8. The lowest BCUT2D eigenvalue weighted by molar-refractivity contribution is 0.253. The van der Waals surface area contributed by atoms with Gasteiger partial charge in [0.05, 0.1) is 0 Å². The first-order valence-corrected chi connectivity index (χ1v) is 4.68. The molecule has 0 atom stereocenters. The summed E-state index contributed by atoms with van der Waals surface area (Å²) in [6.07, 6.45) is 0.987. The van der Waals surface area contributed by atoms with Crippen LogP contribution in [0, 0.1) is 0 Å². The van der Waals surface area contributed by atoms with Crippen LogP contribution in [-0.2, 0) is 0 Å². The molecule has 0 heterocycles. The van der Waals surface area contributed by atoms with E-state index in [0.29, 0.717) is 12.3 Å². The average Bonchev–Trinajstić information content (AvgIpc) is 1.78. The lowest BCUT2D eigenvalue weighted by Crippen LogP contribution is -2.15. The van der Waals surface area contributed by atoms with Gasteiger partial charge in [-0.3, -0.25) is 0 Å². The highest BCUT2D eigenvalue weighted by atomic mass is 32.2. The predicted molar refractivity (Wildman–Crippen MR) is 46.2 cm³/mol. The molecule has 0 bridgehead atoms. The molecule has 0 aliphatic heterocycles. The van der Waals surface area contributed by atoms with Gasteiger partial charge in [0.1, 0.15) is 5.67 Å². The average molecular weight is 165 g/mol. The number of thioether (sulfide) groups is 1. The van der Waals surface area contributed by atoms with E-state index in [4.69, 9.17) is 5.73 Å². The monoisotopic (exact) mass is 165 g/mol. The van der Waals surface area contributed by atoms with E-state index in [-0.39, 0.29) is 0 Å². The Bertz CT molecular complexity index is 80.2. The minimum Gasteiger partial charge on any atom is -0.330 e. The number of halogens is 1. The summed E-state index contributed by atoms with van der Waals surface area (Å²) in [4.78, 5) is 0. The molecule has 0 spiro atoms. The van der Waals surface area contributed by atoms with Gasteiger partial charge in [0.25, 0.3) is 0 Å². The molecule has 1 nitrogen and oxygen atoms in total. The molecule has 0 amide bonds. The summed E-state index contributed by atoms with van der Waals surface area (Å²) in [5.74, 6) is 1.55. The second-order valence-corrected chi connectivity index (χ2v) is 4.02. The van der Waals surface area contributed by atoms with Crippen LogP contribution >= 0.6 is 11.8 Å². The third kappa shape index (κ3) is 8.24. The molecule has 0 saturated heterocycles. The third-order valence-electron chi connectivity index (χ3n) is 0.938. The van der Waals surface area contributed by atoms with Crippen LogP contribution in [0.4, 0.5) is 4.39 Å². The quantitative estimate of drug-likeness (QED) is 0.629. The van der Waals surface area contributed by atoms with Crippen LogP contribution in [0.3, 0.4) is 0 Å². The molecule has 0 aromatic carbocycles. The van der Waals surface area contributed by atoms with E-state index in [9.17, 15) is 4.39 Å². The van der Waals surface area contributed by atoms with E-state index in [1.165, 1.54) is 0 Å². The van der Waals surface area contributed by atoms with Gasteiger partial charge in [0.2, 0.25) is 0 Å². The standard InChI is InChI=1S/C7H16FNS/c1-7(2,8)6-10-5-3-4-9/h3-6,9H2,1-2H3. The van der Waals surface area contributed by atoms with Crippen LogP contribution in [0.2, 0.25) is 0 Å². The van der Waals surface area contributed by atoms with Crippen molar-refractivity contribution in [3.63, 3.8) is 0 Å². The SMILES string of the molecule is CC(C)(F)CSCCCN. The Hall–Kier alpha value is 0.240. The summed E-state index contributed by atoms with van der Waals surface area (Å²) in [7, 11) is 0. The smallest absolute Gasteiger partial charge is 0.114 e. The van der Waals surface area contributed by atoms with Gasteiger partial charge in [0, 0.05) is 5.75 Å². The first kappa shape index (κ1) is 10.2. The van der Waals surface area contributed by atoms with Gasteiger partial charge < -0.3 is 5.73 Å². The molecular weight excluding hydrogens is 149 g/mol. The van der Waals surface area contributed by atoms with Crippen molar-refractivity contribution in [2.45, 2.75) is 25.9 Å². The Kier molecular flexibility index (Phi) is 5.09. The van der Waals surface area contributed by atoms with Crippen molar-refractivity contribution < 1.29 is 4.39 Å². The molecule has 0 aromatic heterocycles. The zero-order valence-corrected chi connectivity index (χ0v) is 7.51. The summed E-state index contributed by atoms with van der Waals surface area (Å²) in [6, 6.07) is 0. The zero-order chi connectivity index (χ0) is 8.04. The first-order valence-electron chi connectivity index (χ1n) is 3.53. The van der Waals surface area contributed by atoms with Crippen LogP contribution < -0.4 is 5.73 Å². The largest absolute Gasteiger partial charge is 0.330 e. The summed E-state index contributed by atoms with van der Waals surface area (Å²) >= 11 is 1.63. The highest BCUT2D eigenvalue weighted by molar-refractivity contribution is 7.99. The molecule has 0 aromatic rings. The molecule has 0 aliphatic rings. The van der Waals surface area contributed by atoms with E-state index in [1.54, 1.807) is 25.6 Å². The molecule has 0 aliphatic carbocycles. The van der Waals surface area contributed by atoms with Gasteiger partial charge in [-0.2, -0.15) is 11.8 Å². The Balaban J connectivity index is 3.04. The van der Waals surface area contributed by atoms with Gasteiger partial charge >= 0.3 is 0 Å². The molecule has 0 saturated carbocycles. The number of rotatable bonds is 5. The van der Waals surface area contributed by atoms with Crippen LogP contribution in [0.15, 0.2) is 0 Å². The Morgan fingerprint density at radius 3 is 2.50 bits per heavy atom. The Morgan fingerprint density at radius 2 is 2.10 bits per heavy atom. The maximum absolute atomic E-state index is 12.8. The fourth-order valence-corrected chi connectivity index (χ4v) is 1.50. The maximum Gasteiger partial charge on any atom is 0.114 e. The van der Waals surface area contributed by atoms with Crippen molar-refractivity contribution in [3.8, 4) is 0 Å². The van der Waals surface area contributed by atoms with Crippen LogP contribution in [-0.4, -0.2) is 23.7 Å². The molecule has 3 heteroatoms. The molecule has 0 unspecified atom stereocenters. The number of alkyl halides is 1. The lowest BCUT2D eigenvalue weighted by Gasteiger charge is -2.12. The molecule has 10 heavy (non-hydrogen) atoms. The second kappa shape index (κ2) is 4.97. The lowest BCUT2D eigenvalue weighted by atomic mass is 10.2. The van der Waals surface area contributed by atoms with Gasteiger partial charge in [-0.25, -0.2) is 4.39 Å². The minimum absolute atomic E-state index is 0.576. The van der Waals surface area contributed by atoms with Crippen LogP contribution in [0.5, 0.6) is 0 Å². The van der Waals surface area contributed by atoms with Crippen molar-refractivity contribution in [3.05, 3.63) is 0 Å². The van der Waals surface area contributed by atoms with Crippen molar-refractivity contribution in [2.75, 3.05) is 18.1 Å².